The molecule has 1 amide bonds. The lowest BCUT2D eigenvalue weighted by Gasteiger charge is -2.41. The van der Waals surface area contributed by atoms with Gasteiger partial charge < -0.3 is 15.7 Å². The Morgan fingerprint density at radius 3 is 2.63 bits per heavy atom. The van der Waals surface area contributed by atoms with Crippen molar-refractivity contribution >= 4 is 11.9 Å². The van der Waals surface area contributed by atoms with Gasteiger partial charge in [0, 0.05) is 6.42 Å². The van der Waals surface area contributed by atoms with Crippen molar-refractivity contribution in [1.82, 2.24) is 10.6 Å². The van der Waals surface area contributed by atoms with E-state index < -0.39 is 11.5 Å². The largest absolute Gasteiger partial charge is 0.481 e. The SMILES string of the molecule is O=C(O)CC1(NC(=O)CCC2CCCNC2)CCC1. The zero-order chi connectivity index (χ0) is 13.7. The molecule has 0 spiro atoms. The number of nitrogens with one attached hydrogen (secondary N) is 2. The van der Waals surface area contributed by atoms with Gasteiger partial charge in [-0.05, 0) is 57.5 Å². The summed E-state index contributed by atoms with van der Waals surface area (Å²) in [6, 6.07) is 0. The fourth-order valence-electron chi connectivity index (χ4n) is 3.10. The summed E-state index contributed by atoms with van der Waals surface area (Å²) in [6.07, 6.45) is 6.49. The first-order valence-electron chi connectivity index (χ1n) is 7.33. The Morgan fingerprint density at radius 1 is 1.32 bits per heavy atom. The van der Waals surface area contributed by atoms with E-state index in [0.717, 1.165) is 38.8 Å². The summed E-state index contributed by atoms with van der Waals surface area (Å²) in [7, 11) is 0. The van der Waals surface area contributed by atoms with Gasteiger partial charge in [-0.15, -0.1) is 0 Å². The van der Waals surface area contributed by atoms with Crippen molar-refractivity contribution in [3.63, 3.8) is 0 Å². The van der Waals surface area contributed by atoms with Crippen LogP contribution in [0.2, 0.25) is 0 Å². The zero-order valence-electron chi connectivity index (χ0n) is 11.4. The average molecular weight is 268 g/mol. The summed E-state index contributed by atoms with van der Waals surface area (Å²) in [4.78, 5) is 22.8. The lowest BCUT2D eigenvalue weighted by atomic mass is 9.74. The first-order valence-corrected chi connectivity index (χ1v) is 7.33. The Kier molecular flexibility index (Phi) is 4.80. The van der Waals surface area contributed by atoms with Gasteiger partial charge in [0.05, 0.1) is 12.0 Å². The van der Waals surface area contributed by atoms with Crippen molar-refractivity contribution in [2.45, 2.75) is 56.9 Å². The quantitative estimate of drug-likeness (QED) is 0.678. The number of carboxylic acid groups (broad SMARTS) is 1. The van der Waals surface area contributed by atoms with Crippen molar-refractivity contribution < 1.29 is 14.7 Å². The molecule has 5 nitrogen and oxygen atoms in total. The normalized spacial score (nSPS) is 25.4. The van der Waals surface area contributed by atoms with Gasteiger partial charge in [-0.1, -0.05) is 0 Å². The van der Waals surface area contributed by atoms with Crippen LogP contribution in [-0.2, 0) is 9.59 Å². The second-order valence-corrected chi connectivity index (χ2v) is 6.00. The lowest BCUT2D eigenvalue weighted by molar-refractivity contribution is -0.140. The van der Waals surface area contributed by atoms with Crippen LogP contribution in [0.4, 0.5) is 0 Å². The molecule has 1 unspecified atom stereocenters. The third-order valence-corrected chi connectivity index (χ3v) is 4.38. The van der Waals surface area contributed by atoms with Crippen molar-refractivity contribution in [1.29, 1.82) is 0 Å². The minimum Gasteiger partial charge on any atom is -0.481 e. The minimum absolute atomic E-state index is 0.0199. The molecule has 5 heteroatoms. The predicted molar refractivity (Wildman–Crippen MR) is 71.8 cm³/mol. The van der Waals surface area contributed by atoms with E-state index in [-0.39, 0.29) is 12.3 Å². The Bertz CT molecular complexity index is 334. The van der Waals surface area contributed by atoms with E-state index in [1.54, 1.807) is 0 Å². The van der Waals surface area contributed by atoms with Gasteiger partial charge in [0.1, 0.15) is 0 Å². The lowest BCUT2D eigenvalue weighted by Crippen LogP contribution is -2.54. The first kappa shape index (κ1) is 14.3. The van der Waals surface area contributed by atoms with Crippen LogP contribution in [-0.4, -0.2) is 35.6 Å². The van der Waals surface area contributed by atoms with Crippen molar-refractivity contribution in [2.24, 2.45) is 5.92 Å². The summed E-state index contributed by atoms with van der Waals surface area (Å²) in [5, 5.41) is 15.2. The van der Waals surface area contributed by atoms with Gasteiger partial charge in [0.15, 0.2) is 0 Å². The number of carboxylic acids is 1. The second kappa shape index (κ2) is 6.37. The fourth-order valence-corrected chi connectivity index (χ4v) is 3.10. The number of carbonyl (C=O) groups is 2. The van der Waals surface area contributed by atoms with Crippen LogP contribution in [0.25, 0.3) is 0 Å². The molecule has 0 aromatic carbocycles. The Morgan fingerprint density at radius 2 is 2.11 bits per heavy atom. The Balaban J connectivity index is 1.72. The monoisotopic (exact) mass is 268 g/mol. The number of piperidine rings is 1. The molecule has 0 aromatic rings. The third-order valence-electron chi connectivity index (χ3n) is 4.38. The smallest absolute Gasteiger partial charge is 0.305 e. The van der Waals surface area contributed by atoms with Crippen molar-refractivity contribution in [3.8, 4) is 0 Å². The molecule has 19 heavy (non-hydrogen) atoms. The highest BCUT2D eigenvalue weighted by Crippen LogP contribution is 2.35. The maximum absolute atomic E-state index is 12.0. The maximum atomic E-state index is 12.0. The van der Waals surface area contributed by atoms with E-state index in [1.165, 1.54) is 12.8 Å². The minimum atomic E-state index is -0.823. The average Bonchev–Trinajstić information content (AvgIpc) is 2.34. The maximum Gasteiger partial charge on any atom is 0.305 e. The van der Waals surface area contributed by atoms with Gasteiger partial charge in [0.2, 0.25) is 5.91 Å². The van der Waals surface area contributed by atoms with Gasteiger partial charge >= 0.3 is 5.97 Å². The highest BCUT2D eigenvalue weighted by Gasteiger charge is 2.40. The molecule has 2 rings (SSSR count). The summed E-state index contributed by atoms with van der Waals surface area (Å²) in [5.41, 5.74) is -0.451. The Hall–Kier alpha value is -1.10. The van der Waals surface area contributed by atoms with E-state index in [1.807, 2.05) is 0 Å². The van der Waals surface area contributed by atoms with Crippen LogP contribution in [0.3, 0.4) is 0 Å². The summed E-state index contributed by atoms with van der Waals surface area (Å²) < 4.78 is 0. The van der Waals surface area contributed by atoms with E-state index in [9.17, 15) is 9.59 Å². The summed E-state index contributed by atoms with van der Waals surface area (Å²) >= 11 is 0. The molecule has 1 saturated carbocycles. The first-order chi connectivity index (χ1) is 9.10. The molecule has 1 saturated heterocycles. The summed E-state index contributed by atoms with van der Waals surface area (Å²) in [6.45, 7) is 2.10. The van der Waals surface area contributed by atoms with E-state index in [4.69, 9.17) is 5.11 Å². The molecule has 2 aliphatic rings. The number of hydrogen-bond donors (Lipinski definition) is 3. The van der Waals surface area contributed by atoms with E-state index >= 15 is 0 Å². The Labute approximate surface area is 114 Å². The van der Waals surface area contributed by atoms with Gasteiger partial charge in [-0.3, -0.25) is 9.59 Å². The summed E-state index contributed by atoms with van der Waals surface area (Å²) in [5.74, 6) is -0.209. The van der Waals surface area contributed by atoms with Crippen LogP contribution in [0.15, 0.2) is 0 Å². The van der Waals surface area contributed by atoms with Crippen molar-refractivity contribution in [3.05, 3.63) is 0 Å². The molecule has 0 bridgehead atoms. The van der Waals surface area contributed by atoms with Crippen LogP contribution in [0.5, 0.6) is 0 Å². The molecule has 1 aliphatic carbocycles. The number of hydrogen-bond acceptors (Lipinski definition) is 3. The molecule has 2 fully saturated rings. The molecular formula is C14H24N2O3. The molecule has 1 aliphatic heterocycles. The van der Waals surface area contributed by atoms with Gasteiger partial charge in [-0.25, -0.2) is 0 Å². The van der Waals surface area contributed by atoms with Crippen LogP contribution in [0.1, 0.15) is 51.4 Å². The number of aliphatic carboxylic acids is 1. The molecule has 0 aromatic heterocycles. The highest BCUT2D eigenvalue weighted by molar-refractivity contribution is 5.78. The second-order valence-electron chi connectivity index (χ2n) is 6.00. The molecule has 3 N–H and O–H groups in total. The highest BCUT2D eigenvalue weighted by atomic mass is 16.4. The number of amides is 1. The fraction of sp³-hybridized carbons (Fsp3) is 0.857. The standard InChI is InChI=1S/C14H24N2O3/c17-12(5-4-11-3-1-8-15-10-11)16-14(6-2-7-14)9-13(18)19/h11,15H,1-10H2,(H,16,17)(H,18,19). The van der Waals surface area contributed by atoms with Crippen molar-refractivity contribution in [2.75, 3.05) is 13.1 Å². The van der Waals surface area contributed by atoms with E-state index in [0.29, 0.717) is 12.3 Å². The molecule has 0 radical (unpaired) electrons. The van der Waals surface area contributed by atoms with Crippen LogP contribution in [0, 0.1) is 5.92 Å². The molecular weight excluding hydrogens is 244 g/mol. The molecule has 1 atom stereocenters. The third kappa shape index (κ3) is 4.20. The molecule has 108 valence electrons. The topological polar surface area (TPSA) is 78.4 Å². The number of carbonyl (C=O) groups excluding carboxylic acids is 1. The van der Waals surface area contributed by atoms with Crippen LogP contribution < -0.4 is 10.6 Å². The van der Waals surface area contributed by atoms with Gasteiger partial charge in [0.25, 0.3) is 0 Å². The van der Waals surface area contributed by atoms with Gasteiger partial charge in [-0.2, -0.15) is 0 Å². The van der Waals surface area contributed by atoms with Crippen LogP contribution >= 0.6 is 0 Å². The number of rotatable bonds is 6. The zero-order valence-corrected chi connectivity index (χ0v) is 11.4. The predicted octanol–water partition coefficient (Wildman–Crippen LogP) is 1.28. The van der Waals surface area contributed by atoms with E-state index in [2.05, 4.69) is 10.6 Å². The molecule has 1 heterocycles.